The van der Waals surface area contributed by atoms with Gasteiger partial charge in [0.05, 0.1) is 13.2 Å². The molecule has 6 heteroatoms. The number of morpholine rings is 1. The average Bonchev–Trinajstić information content (AvgIpc) is 3.07. The molecule has 0 unspecified atom stereocenters. The second-order valence-corrected chi connectivity index (χ2v) is 5.65. The monoisotopic (exact) mass is 315 g/mol. The highest BCUT2D eigenvalue weighted by Gasteiger charge is 2.26. The first-order chi connectivity index (χ1) is 11.2. The molecule has 1 saturated heterocycles. The van der Waals surface area contributed by atoms with Crippen molar-refractivity contribution in [2.45, 2.75) is 19.4 Å². The number of rotatable bonds is 4. The summed E-state index contributed by atoms with van der Waals surface area (Å²) in [4.78, 5) is 29.8. The molecular weight excluding hydrogens is 294 g/mol. The van der Waals surface area contributed by atoms with Gasteiger partial charge in [0.1, 0.15) is 6.04 Å². The van der Waals surface area contributed by atoms with Crippen LogP contribution in [-0.4, -0.2) is 54.0 Å². The third-order valence-electron chi connectivity index (χ3n) is 4.15. The minimum absolute atomic E-state index is 0.0353. The van der Waals surface area contributed by atoms with E-state index in [1.807, 2.05) is 31.3 Å². The third kappa shape index (κ3) is 3.37. The Hall–Kier alpha value is -2.34. The summed E-state index contributed by atoms with van der Waals surface area (Å²) in [5.41, 5.74) is 1.54. The van der Waals surface area contributed by atoms with E-state index in [4.69, 9.17) is 4.74 Å². The number of benzene rings is 1. The predicted molar refractivity (Wildman–Crippen MR) is 87.2 cm³/mol. The zero-order valence-corrected chi connectivity index (χ0v) is 13.2. The number of fused-ring (bicyclic) bond motifs is 1. The second-order valence-electron chi connectivity index (χ2n) is 5.65. The molecule has 1 fully saturated rings. The Morgan fingerprint density at radius 1 is 1.30 bits per heavy atom. The van der Waals surface area contributed by atoms with Crippen molar-refractivity contribution in [2.75, 3.05) is 26.3 Å². The van der Waals surface area contributed by atoms with Gasteiger partial charge in [0.25, 0.3) is 5.91 Å². The molecule has 0 radical (unpaired) electrons. The van der Waals surface area contributed by atoms with Gasteiger partial charge in [-0.15, -0.1) is 0 Å². The van der Waals surface area contributed by atoms with Gasteiger partial charge in [-0.2, -0.15) is 0 Å². The fourth-order valence-electron chi connectivity index (χ4n) is 2.78. The number of nitrogens with zero attached hydrogens (tertiary/aromatic N) is 1. The number of hydrogen-bond donors (Lipinski definition) is 2. The number of aromatic amines is 1. The van der Waals surface area contributed by atoms with Crippen LogP contribution in [0.4, 0.5) is 0 Å². The van der Waals surface area contributed by atoms with E-state index in [-0.39, 0.29) is 11.8 Å². The van der Waals surface area contributed by atoms with E-state index in [0.29, 0.717) is 38.3 Å². The summed E-state index contributed by atoms with van der Waals surface area (Å²) < 4.78 is 5.26. The summed E-state index contributed by atoms with van der Waals surface area (Å²) in [5.74, 6) is -0.256. The second kappa shape index (κ2) is 6.83. The lowest BCUT2D eigenvalue weighted by atomic mass is 10.1. The first kappa shape index (κ1) is 15.6. The Labute approximate surface area is 134 Å². The van der Waals surface area contributed by atoms with Crippen LogP contribution in [0.15, 0.2) is 30.5 Å². The lowest BCUT2D eigenvalue weighted by Gasteiger charge is -2.30. The van der Waals surface area contributed by atoms with Gasteiger partial charge in [0, 0.05) is 35.8 Å². The normalized spacial score (nSPS) is 16.3. The number of ether oxygens (including phenoxy) is 1. The topological polar surface area (TPSA) is 74.4 Å². The number of hydrogen-bond acceptors (Lipinski definition) is 3. The fraction of sp³-hybridized carbons (Fsp3) is 0.412. The van der Waals surface area contributed by atoms with Gasteiger partial charge >= 0.3 is 0 Å². The Bertz CT molecular complexity index is 704. The molecule has 2 heterocycles. The van der Waals surface area contributed by atoms with Crippen LogP contribution in [0.5, 0.6) is 0 Å². The highest BCUT2D eigenvalue weighted by atomic mass is 16.5. The molecule has 1 atom stereocenters. The van der Waals surface area contributed by atoms with E-state index in [1.165, 1.54) is 0 Å². The maximum absolute atomic E-state index is 12.5. The average molecular weight is 315 g/mol. The van der Waals surface area contributed by atoms with E-state index in [2.05, 4.69) is 10.3 Å². The molecule has 1 aromatic carbocycles. The van der Waals surface area contributed by atoms with E-state index in [0.717, 1.165) is 10.9 Å². The van der Waals surface area contributed by atoms with Crippen LogP contribution in [0.1, 0.15) is 23.7 Å². The minimum atomic E-state index is -0.498. The molecule has 3 rings (SSSR count). The number of carbonyl (C=O) groups excluding carboxylic acids is 2. The van der Waals surface area contributed by atoms with Crippen molar-refractivity contribution in [2.24, 2.45) is 0 Å². The minimum Gasteiger partial charge on any atom is -0.378 e. The molecule has 1 aliphatic rings. The van der Waals surface area contributed by atoms with E-state index >= 15 is 0 Å². The predicted octanol–water partition coefficient (Wildman–Crippen LogP) is 1.54. The van der Waals surface area contributed by atoms with Gasteiger partial charge in [-0.05, 0) is 30.7 Å². The molecular formula is C17H21N3O3. The van der Waals surface area contributed by atoms with Crippen molar-refractivity contribution in [3.8, 4) is 0 Å². The van der Waals surface area contributed by atoms with Crippen LogP contribution in [0.3, 0.4) is 0 Å². The van der Waals surface area contributed by atoms with Crippen molar-refractivity contribution in [1.29, 1.82) is 0 Å². The molecule has 122 valence electrons. The van der Waals surface area contributed by atoms with E-state index in [1.54, 1.807) is 11.0 Å². The molecule has 2 amide bonds. The van der Waals surface area contributed by atoms with Gasteiger partial charge in [0.2, 0.25) is 5.91 Å². The molecule has 1 aliphatic heterocycles. The molecule has 1 aromatic heterocycles. The first-order valence-corrected chi connectivity index (χ1v) is 7.93. The number of H-pyrrole nitrogens is 1. The zero-order chi connectivity index (χ0) is 16.2. The van der Waals surface area contributed by atoms with Crippen molar-refractivity contribution in [1.82, 2.24) is 15.2 Å². The van der Waals surface area contributed by atoms with Crippen LogP contribution >= 0.6 is 0 Å². The summed E-state index contributed by atoms with van der Waals surface area (Å²) in [5, 5.41) is 3.83. The van der Waals surface area contributed by atoms with Crippen LogP contribution < -0.4 is 5.32 Å². The molecule has 0 spiro atoms. The number of nitrogens with one attached hydrogen (secondary N) is 2. The SMILES string of the molecule is CC[C@H](NC(=O)c1ccc2[nH]ccc2c1)C(=O)N1CCOCC1. The highest BCUT2D eigenvalue weighted by Crippen LogP contribution is 2.14. The maximum Gasteiger partial charge on any atom is 0.251 e. The Morgan fingerprint density at radius 2 is 2.09 bits per heavy atom. The molecule has 6 nitrogen and oxygen atoms in total. The van der Waals surface area contributed by atoms with Gasteiger partial charge in [-0.25, -0.2) is 0 Å². The summed E-state index contributed by atoms with van der Waals surface area (Å²) in [6, 6.07) is 6.88. The van der Waals surface area contributed by atoms with Gasteiger partial charge in [0.15, 0.2) is 0 Å². The molecule has 2 aromatic rings. The lowest BCUT2D eigenvalue weighted by molar-refractivity contribution is -0.137. The Morgan fingerprint density at radius 3 is 2.83 bits per heavy atom. The number of aromatic nitrogens is 1. The van der Waals surface area contributed by atoms with Crippen molar-refractivity contribution >= 4 is 22.7 Å². The standard InChI is InChI=1S/C17H21N3O3/c1-2-14(17(22)20-7-9-23-10-8-20)19-16(21)13-3-4-15-12(11-13)5-6-18-15/h3-6,11,14,18H,2,7-10H2,1H3,(H,19,21)/t14-/m0/s1. The number of carbonyl (C=O) groups is 2. The smallest absolute Gasteiger partial charge is 0.251 e. The molecule has 0 saturated carbocycles. The highest BCUT2D eigenvalue weighted by molar-refractivity contribution is 6.00. The Kier molecular flexibility index (Phi) is 4.62. The van der Waals surface area contributed by atoms with Crippen LogP contribution in [0.2, 0.25) is 0 Å². The Balaban J connectivity index is 1.69. The van der Waals surface area contributed by atoms with Crippen LogP contribution in [0, 0.1) is 0 Å². The van der Waals surface area contributed by atoms with Gasteiger partial charge in [-0.1, -0.05) is 6.92 Å². The van der Waals surface area contributed by atoms with Crippen LogP contribution in [0.25, 0.3) is 10.9 Å². The summed E-state index contributed by atoms with van der Waals surface area (Å²) in [6.45, 7) is 4.18. The third-order valence-corrected chi connectivity index (χ3v) is 4.15. The van der Waals surface area contributed by atoms with Crippen molar-refractivity contribution in [3.63, 3.8) is 0 Å². The van der Waals surface area contributed by atoms with Crippen molar-refractivity contribution < 1.29 is 14.3 Å². The van der Waals surface area contributed by atoms with Crippen LogP contribution in [-0.2, 0) is 9.53 Å². The quantitative estimate of drug-likeness (QED) is 0.898. The molecule has 0 bridgehead atoms. The molecule has 2 N–H and O–H groups in total. The molecule has 23 heavy (non-hydrogen) atoms. The van der Waals surface area contributed by atoms with Crippen molar-refractivity contribution in [3.05, 3.63) is 36.0 Å². The van der Waals surface area contributed by atoms with E-state index < -0.39 is 6.04 Å². The summed E-state index contributed by atoms with van der Waals surface area (Å²) >= 11 is 0. The van der Waals surface area contributed by atoms with Gasteiger partial charge in [-0.3, -0.25) is 9.59 Å². The van der Waals surface area contributed by atoms with Gasteiger partial charge < -0.3 is 19.9 Å². The molecule has 0 aliphatic carbocycles. The largest absolute Gasteiger partial charge is 0.378 e. The van der Waals surface area contributed by atoms with E-state index in [9.17, 15) is 9.59 Å². The lowest BCUT2D eigenvalue weighted by Crippen LogP contribution is -2.51. The summed E-state index contributed by atoms with van der Waals surface area (Å²) in [6.07, 6.45) is 2.40. The maximum atomic E-state index is 12.5. The number of amides is 2. The fourth-order valence-corrected chi connectivity index (χ4v) is 2.78. The zero-order valence-electron chi connectivity index (χ0n) is 13.2. The first-order valence-electron chi connectivity index (χ1n) is 7.93. The summed E-state index contributed by atoms with van der Waals surface area (Å²) in [7, 11) is 0.